The Hall–Kier alpha value is -3.13. The average molecular weight is 328 g/mol. The van der Waals surface area contributed by atoms with Crippen LogP contribution in [0.15, 0.2) is 103 Å². The summed E-state index contributed by atoms with van der Waals surface area (Å²) >= 11 is 0. The number of hydrogen-bond acceptors (Lipinski definition) is 1. The van der Waals surface area contributed by atoms with Crippen LogP contribution in [0.3, 0.4) is 0 Å². The maximum Gasteiger partial charge on any atom is 0.330 e. The molecule has 0 heterocycles. The van der Waals surface area contributed by atoms with Crippen LogP contribution in [0.25, 0.3) is 0 Å². The molecule has 0 aliphatic carbocycles. The minimum atomic E-state index is -0.910. The van der Waals surface area contributed by atoms with Crippen molar-refractivity contribution in [2.75, 3.05) is 0 Å². The maximum absolute atomic E-state index is 11.6. The van der Waals surface area contributed by atoms with Crippen LogP contribution in [-0.4, -0.2) is 11.1 Å². The first-order valence-electron chi connectivity index (χ1n) is 8.24. The highest BCUT2D eigenvalue weighted by Crippen LogP contribution is 2.41. The second-order valence-electron chi connectivity index (χ2n) is 6.04. The summed E-state index contributed by atoms with van der Waals surface area (Å²) in [5.41, 5.74) is 2.76. The molecular formula is C23H20O2. The van der Waals surface area contributed by atoms with E-state index in [9.17, 15) is 9.90 Å². The van der Waals surface area contributed by atoms with E-state index in [1.165, 1.54) is 0 Å². The third kappa shape index (κ3) is 3.24. The first-order chi connectivity index (χ1) is 12.1. The van der Waals surface area contributed by atoms with Crippen molar-refractivity contribution < 1.29 is 9.90 Å². The topological polar surface area (TPSA) is 37.3 Å². The third-order valence-corrected chi connectivity index (χ3v) is 4.46. The van der Waals surface area contributed by atoms with Crippen LogP contribution in [0.1, 0.15) is 23.6 Å². The Bertz CT molecular complexity index is 769. The molecule has 0 amide bonds. The molecule has 0 aliphatic rings. The molecule has 25 heavy (non-hydrogen) atoms. The highest BCUT2D eigenvalue weighted by molar-refractivity contribution is 5.86. The summed E-state index contributed by atoms with van der Waals surface area (Å²) in [6.07, 6.45) is 1.86. The van der Waals surface area contributed by atoms with Crippen molar-refractivity contribution in [3.63, 3.8) is 0 Å². The number of rotatable bonds is 5. The van der Waals surface area contributed by atoms with Crippen LogP contribution in [0, 0.1) is 0 Å². The number of benzene rings is 3. The number of carboxylic acids is 1. The van der Waals surface area contributed by atoms with Gasteiger partial charge in [-0.25, -0.2) is 4.79 Å². The molecule has 1 N–H and O–H groups in total. The Morgan fingerprint density at radius 2 is 1.04 bits per heavy atom. The van der Waals surface area contributed by atoms with Crippen LogP contribution in [-0.2, 0) is 10.2 Å². The Kier molecular flexibility index (Phi) is 4.80. The Labute approximate surface area is 148 Å². The van der Waals surface area contributed by atoms with Crippen LogP contribution in [0.5, 0.6) is 0 Å². The molecule has 0 fully saturated rings. The van der Waals surface area contributed by atoms with Gasteiger partial charge in [-0.3, -0.25) is 0 Å². The standard InChI is InChI=1S/C23H20O2/c1-18(22(24)25)17-23(19-11-5-2-6-12-19,20-13-7-3-8-14-20)21-15-9-4-10-16-21/h2-17H,1H3,(H,24,25)/b18-17+. The van der Waals surface area contributed by atoms with Gasteiger partial charge in [0.15, 0.2) is 0 Å². The summed E-state index contributed by atoms with van der Waals surface area (Å²) in [4.78, 5) is 11.6. The highest BCUT2D eigenvalue weighted by Gasteiger charge is 2.34. The molecule has 3 rings (SSSR count). The predicted molar refractivity (Wildman–Crippen MR) is 101 cm³/mol. The van der Waals surface area contributed by atoms with Crippen LogP contribution < -0.4 is 0 Å². The van der Waals surface area contributed by atoms with Gasteiger partial charge in [-0.1, -0.05) is 97.1 Å². The summed E-state index contributed by atoms with van der Waals surface area (Å²) in [7, 11) is 0. The van der Waals surface area contributed by atoms with Crippen LogP contribution >= 0.6 is 0 Å². The van der Waals surface area contributed by atoms with Gasteiger partial charge in [-0.05, 0) is 23.6 Å². The fraction of sp³-hybridized carbons (Fsp3) is 0.0870. The number of hydrogen-bond donors (Lipinski definition) is 1. The van der Waals surface area contributed by atoms with Crippen molar-refractivity contribution in [2.45, 2.75) is 12.3 Å². The molecule has 0 aliphatic heterocycles. The van der Waals surface area contributed by atoms with Gasteiger partial charge < -0.3 is 5.11 Å². The average Bonchev–Trinajstić information content (AvgIpc) is 2.68. The first kappa shape index (κ1) is 16.7. The number of carbonyl (C=O) groups is 1. The molecular weight excluding hydrogens is 308 g/mol. The molecule has 0 unspecified atom stereocenters. The minimum absolute atomic E-state index is 0.316. The second kappa shape index (κ2) is 7.18. The first-order valence-corrected chi connectivity index (χ1v) is 8.24. The van der Waals surface area contributed by atoms with E-state index < -0.39 is 11.4 Å². The Morgan fingerprint density at radius 1 is 0.720 bits per heavy atom. The largest absolute Gasteiger partial charge is 0.478 e. The Balaban J connectivity index is 2.40. The van der Waals surface area contributed by atoms with E-state index in [-0.39, 0.29) is 0 Å². The normalized spacial score (nSPS) is 12.0. The second-order valence-corrected chi connectivity index (χ2v) is 6.04. The molecule has 3 aromatic rings. The van der Waals surface area contributed by atoms with E-state index in [0.29, 0.717) is 5.57 Å². The maximum atomic E-state index is 11.6. The summed E-state index contributed by atoms with van der Waals surface area (Å²) in [6, 6.07) is 30.1. The van der Waals surface area contributed by atoms with Gasteiger partial charge in [-0.2, -0.15) is 0 Å². The Morgan fingerprint density at radius 3 is 1.32 bits per heavy atom. The van der Waals surface area contributed by atoms with Crippen molar-refractivity contribution in [2.24, 2.45) is 0 Å². The fourth-order valence-electron chi connectivity index (χ4n) is 3.24. The van der Waals surface area contributed by atoms with E-state index in [2.05, 4.69) is 0 Å². The van der Waals surface area contributed by atoms with E-state index in [0.717, 1.165) is 16.7 Å². The zero-order chi connectivity index (χ0) is 17.7. The lowest BCUT2D eigenvalue weighted by molar-refractivity contribution is -0.132. The lowest BCUT2D eigenvalue weighted by Gasteiger charge is -2.33. The van der Waals surface area contributed by atoms with Crippen molar-refractivity contribution in [1.82, 2.24) is 0 Å². The van der Waals surface area contributed by atoms with Gasteiger partial charge in [-0.15, -0.1) is 0 Å². The van der Waals surface area contributed by atoms with Gasteiger partial charge in [0.2, 0.25) is 0 Å². The third-order valence-electron chi connectivity index (χ3n) is 4.46. The molecule has 0 spiro atoms. The lowest BCUT2D eigenvalue weighted by atomic mass is 9.68. The SMILES string of the molecule is C/C(=C\C(c1ccccc1)(c1ccccc1)c1ccccc1)C(=O)O. The summed E-state index contributed by atoms with van der Waals surface area (Å²) < 4.78 is 0. The van der Waals surface area contributed by atoms with E-state index in [1.54, 1.807) is 6.92 Å². The van der Waals surface area contributed by atoms with Gasteiger partial charge >= 0.3 is 5.97 Å². The highest BCUT2D eigenvalue weighted by atomic mass is 16.4. The zero-order valence-electron chi connectivity index (χ0n) is 14.1. The molecule has 0 saturated heterocycles. The quantitative estimate of drug-likeness (QED) is 0.525. The molecule has 0 radical (unpaired) electrons. The monoisotopic (exact) mass is 328 g/mol. The van der Waals surface area contributed by atoms with Crippen molar-refractivity contribution in [3.8, 4) is 0 Å². The van der Waals surface area contributed by atoms with Gasteiger partial charge in [0.25, 0.3) is 0 Å². The van der Waals surface area contributed by atoms with Gasteiger partial charge in [0.1, 0.15) is 0 Å². The van der Waals surface area contributed by atoms with Crippen molar-refractivity contribution in [1.29, 1.82) is 0 Å². The molecule has 0 bridgehead atoms. The lowest BCUT2D eigenvalue weighted by Crippen LogP contribution is -2.28. The molecule has 0 aromatic heterocycles. The molecule has 2 heteroatoms. The zero-order valence-corrected chi connectivity index (χ0v) is 14.1. The number of aliphatic carboxylic acids is 1. The van der Waals surface area contributed by atoms with E-state index in [1.807, 2.05) is 97.1 Å². The van der Waals surface area contributed by atoms with Gasteiger partial charge in [0.05, 0.1) is 5.41 Å². The predicted octanol–water partition coefficient (Wildman–Crippen LogP) is 5.05. The molecule has 124 valence electrons. The molecule has 0 atom stereocenters. The number of allylic oxidation sites excluding steroid dienone is 1. The van der Waals surface area contributed by atoms with Crippen molar-refractivity contribution in [3.05, 3.63) is 119 Å². The molecule has 2 nitrogen and oxygen atoms in total. The summed E-state index contributed by atoms with van der Waals surface area (Å²) in [5.74, 6) is -0.910. The minimum Gasteiger partial charge on any atom is -0.478 e. The fourth-order valence-corrected chi connectivity index (χ4v) is 3.24. The summed E-state index contributed by atoms with van der Waals surface area (Å²) in [5, 5.41) is 9.52. The van der Waals surface area contributed by atoms with Crippen molar-refractivity contribution >= 4 is 5.97 Å². The van der Waals surface area contributed by atoms with E-state index >= 15 is 0 Å². The number of carboxylic acid groups (broad SMARTS) is 1. The summed E-state index contributed by atoms with van der Waals surface area (Å²) in [6.45, 7) is 1.64. The van der Waals surface area contributed by atoms with Crippen LogP contribution in [0.2, 0.25) is 0 Å². The van der Waals surface area contributed by atoms with Gasteiger partial charge in [0, 0.05) is 5.57 Å². The smallest absolute Gasteiger partial charge is 0.330 e. The molecule has 0 saturated carbocycles. The van der Waals surface area contributed by atoms with Crippen LogP contribution in [0.4, 0.5) is 0 Å². The van der Waals surface area contributed by atoms with E-state index in [4.69, 9.17) is 0 Å². The molecule has 3 aromatic carbocycles.